The van der Waals surface area contributed by atoms with Crippen molar-refractivity contribution in [1.82, 2.24) is 0 Å². The molecule has 0 spiro atoms. The summed E-state index contributed by atoms with van der Waals surface area (Å²) in [6, 6.07) is 5.20. The number of hydrogen-bond acceptors (Lipinski definition) is 4. The summed E-state index contributed by atoms with van der Waals surface area (Å²) in [6.07, 6.45) is 0.716. The first-order valence-electron chi connectivity index (χ1n) is 5.91. The monoisotopic (exact) mass is 294 g/mol. The predicted molar refractivity (Wildman–Crippen MR) is 79.7 cm³/mol. The van der Waals surface area contributed by atoms with E-state index in [1.54, 1.807) is 12.1 Å². The van der Waals surface area contributed by atoms with Crippen LogP contribution in [0.5, 0.6) is 0 Å². The van der Waals surface area contributed by atoms with Gasteiger partial charge >= 0.3 is 0 Å². The summed E-state index contributed by atoms with van der Waals surface area (Å²) in [4.78, 5) is 12.8. The zero-order valence-electron chi connectivity index (χ0n) is 11.1. The smallest absolute Gasteiger partial charge is 0.240 e. The number of thioether (sulfide) groups is 1. The van der Waals surface area contributed by atoms with Crippen molar-refractivity contribution in [3.05, 3.63) is 30.2 Å². The molecule has 0 atom stereocenters. The predicted octanol–water partition coefficient (Wildman–Crippen LogP) is 2.67. The van der Waals surface area contributed by atoms with E-state index in [9.17, 15) is 9.18 Å². The lowest BCUT2D eigenvalue weighted by molar-refractivity contribution is -0.117. The molecule has 0 saturated carbocycles. The van der Waals surface area contributed by atoms with E-state index in [2.05, 4.69) is 10.6 Å². The van der Waals surface area contributed by atoms with Gasteiger partial charge in [0.2, 0.25) is 5.91 Å². The third kappa shape index (κ3) is 2.77. The second-order valence-electron chi connectivity index (χ2n) is 4.79. The first-order chi connectivity index (χ1) is 9.33. The van der Waals surface area contributed by atoms with Crippen LogP contribution in [-0.4, -0.2) is 16.5 Å². The van der Waals surface area contributed by atoms with Gasteiger partial charge in [-0.05, 0) is 32.0 Å². The normalized spacial score (nSPS) is 17.1. The van der Waals surface area contributed by atoms with Gasteiger partial charge in [-0.15, -0.1) is 11.8 Å². The van der Waals surface area contributed by atoms with Crippen LogP contribution in [-0.2, 0) is 4.79 Å². The van der Waals surface area contributed by atoms with Crippen molar-refractivity contribution in [2.24, 2.45) is 5.73 Å². The van der Waals surface area contributed by atoms with Gasteiger partial charge < -0.3 is 16.4 Å². The summed E-state index contributed by atoms with van der Waals surface area (Å²) in [7, 11) is 0. The summed E-state index contributed by atoms with van der Waals surface area (Å²) < 4.78 is 12.6. The molecule has 1 amide bonds. The van der Waals surface area contributed by atoms with Crippen molar-refractivity contribution in [2.75, 3.05) is 10.6 Å². The Bertz CT molecular complexity index is 612. The van der Waals surface area contributed by atoms with Gasteiger partial charge in [-0.3, -0.25) is 10.2 Å². The fourth-order valence-corrected chi connectivity index (χ4v) is 2.73. The summed E-state index contributed by atoms with van der Waals surface area (Å²) in [5.41, 5.74) is 6.16. The number of anilines is 2. The Kier molecular flexibility index (Phi) is 3.71. The maximum Gasteiger partial charge on any atom is 0.240 e. The highest BCUT2D eigenvalue weighted by Crippen LogP contribution is 2.42. The number of amidine groups is 1. The van der Waals surface area contributed by atoms with Gasteiger partial charge in [0.05, 0.1) is 10.4 Å². The van der Waals surface area contributed by atoms with Gasteiger partial charge in [-0.1, -0.05) is 0 Å². The highest BCUT2D eigenvalue weighted by Gasteiger charge is 2.34. The number of rotatable bonds is 2. The molecule has 0 fully saturated rings. The Labute approximate surface area is 120 Å². The molecule has 5 nitrogen and oxygen atoms in total. The Balaban J connectivity index is 2.24. The van der Waals surface area contributed by atoms with E-state index in [0.717, 1.165) is 4.90 Å². The summed E-state index contributed by atoms with van der Waals surface area (Å²) >= 11 is 1.46. The van der Waals surface area contributed by atoms with Crippen molar-refractivity contribution in [1.29, 1.82) is 5.41 Å². The molecule has 0 aliphatic carbocycles. The van der Waals surface area contributed by atoms with Crippen LogP contribution in [0.3, 0.4) is 0 Å². The van der Waals surface area contributed by atoms with Crippen LogP contribution in [0, 0.1) is 5.41 Å². The minimum Gasteiger partial charge on any atom is -0.402 e. The molecule has 0 aromatic heterocycles. The van der Waals surface area contributed by atoms with Gasteiger partial charge in [0.25, 0.3) is 0 Å². The van der Waals surface area contributed by atoms with Crippen LogP contribution in [0.4, 0.5) is 15.8 Å². The van der Waals surface area contributed by atoms with Crippen LogP contribution < -0.4 is 16.4 Å². The van der Waals surface area contributed by atoms with E-state index >= 15 is 0 Å². The molecule has 0 bridgehead atoms. The standard InChI is InChI=1S/C13H15FN4OS/c1-13(2)12(19)18-9-5-7(3-4-10(9)20-13)17-11(16)8(14)6-15/h3-6H,15H2,1-2H3,(H2,16,17)(H,18,19)/b8-6+. The molecule has 1 aliphatic rings. The van der Waals surface area contributed by atoms with Crippen molar-refractivity contribution < 1.29 is 9.18 Å². The van der Waals surface area contributed by atoms with E-state index in [0.29, 0.717) is 17.6 Å². The quantitative estimate of drug-likeness (QED) is 0.498. The van der Waals surface area contributed by atoms with Crippen molar-refractivity contribution in [2.45, 2.75) is 23.5 Å². The second kappa shape index (κ2) is 5.16. The zero-order valence-corrected chi connectivity index (χ0v) is 11.9. The van der Waals surface area contributed by atoms with Crippen molar-refractivity contribution >= 4 is 34.9 Å². The van der Waals surface area contributed by atoms with Gasteiger partial charge in [0.15, 0.2) is 11.7 Å². The lowest BCUT2D eigenvalue weighted by Crippen LogP contribution is -2.37. The molecule has 5 N–H and O–H groups in total. The van der Waals surface area contributed by atoms with E-state index in [4.69, 9.17) is 11.1 Å². The van der Waals surface area contributed by atoms with E-state index in [1.165, 1.54) is 11.8 Å². The van der Waals surface area contributed by atoms with Crippen molar-refractivity contribution in [3.63, 3.8) is 0 Å². The number of hydrogen-bond donors (Lipinski definition) is 4. The maximum absolute atomic E-state index is 13.1. The minimum atomic E-state index is -0.845. The molecule has 1 aromatic carbocycles. The van der Waals surface area contributed by atoms with Gasteiger partial charge in [0.1, 0.15) is 0 Å². The molecule has 1 heterocycles. The van der Waals surface area contributed by atoms with E-state index < -0.39 is 16.4 Å². The molecular formula is C13H15FN4OS. The number of carbonyl (C=O) groups excluding carboxylic acids is 1. The number of nitrogens with two attached hydrogens (primary N) is 1. The molecular weight excluding hydrogens is 279 g/mol. The summed E-state index contributed by atoms with van der Waals surface area (Å²) in [5.74, 6) is -1.36. The highest BCUT2D eigenvalue weighted by molar-refractivity contribution is 8.01. The fraction of sp³-hybridized carbons (Fsp3) is 0.231. The Morgan fingerprint density at radius 2 is 2.25 bits per heavy atom. The third-order valence-electron chi connectivity index (χ3n) is 2.79. The number of fused-ring (bicyclic) bond motifs is 1. The Morgan fingerprint density at radius 1 is 1.55 bits per heavy atom. The Morgan fingerprint density at radius 3 is 2.90 bits per heavy atom. The van der Waals surface area contributed by atoms with Crippen LogP contribution >= 0.6 is 11.8 Å². The first-order valence-corrected chi connectivity index (χ1v) is 6.73. The van der Waals surface area contributed by atoms with Crippen molar-refractivity contribution in [3.8, 4) is 0 Å². The number of amides is 1. The number of carbonyl (C=O) groups is 1. The topological polar surface area (TPSA) is 91.0 Å². The molecule has 7 heteroatoms. The van der Waals surface area contributed by atoms with Crippen LogP contribution in [0.25, 0.3) is 0 Å². The van der Waals surface area contributed by atoms with Gasteiger partial charge in [-0.25, -0.2) is 4.39 Å². The molecule has 1 aliphatic heterocycles. The van der Waals surface area contributed by atoms with E-state index in [-0.39, 0.29) is 5.91 Å². The maximum atomic E-state index is 13.1. The Hall–Kier alpha value is -2.02. The molecule has 0 saturated heterocycles. The second-order valence-corrected chi connectivity index (χ2v) is 6.46. The third-order valence-corrected chi connectivity index (χ3v) is 4.07. The molecule has 1 aromatic rings. The fourth-order valence-electron chi connectivity index (χ4n) is 1.68. The van der Waals surface area contributed by atoms with Crippen LogP contribution in [0.2, 0.25) is 0 Å². The molecule has 0 radical (unpaired) electrons. The first kappa shape index (κ1) is 14.4. The van der Waals surface area contributed by atoms with Crippen LogP contribution in [0.15, 0.2) is 35.1 Å². The average molecular weight is 294 g/mol. The van der Waals surface area contributed by atoms with Crippen LogP contribution in [0.1, 0.15) is 13.8 Å². The van der Waals surface area contributed by atoms with E-state index in [1.807, 2.05) is 19.9 Å². The minimum absolute atomic E-state index is 0.0877. The van der Waals surface area contributed by atoms with Gasteiger partial charge in [0, 0.05) is 16.8 Å². The zero-order chi connectivity index (χ0) is 14.9. The highest BCUT2D eigenvalue weighted by atomic mass is 32.2. The lowest BCUT2D eigenvalue weighted by atomic mass is 10.1. The summed E-state index contributed by atoms with van der Waals surface area (Å²) in [6.45, 7) is 3.69. The molecule has 0 unspecified atom stereocenters. The van der Waals surface area contributed by atoms with Gasteiger partial charge in [-0.2, -0.15) is 0 Å². The average Bonchev–Trinajstić information content (AvgIpc) is 2.39. The largest absolute Gasteiger partial charge is 0.402 e. The summed E-state index contributed by atoms with van der Waals surface area (Å²) in [5, 5.41) is 12.8. The SMILES string of the molecule is CC1(C)Sc2ccc(NC(=N)/C(F)=C\N)cc2NC1=O. The number of nitrogens with one attached hydrogen (secondary N) is 3. The molecule has 106 valence electrons. The number of benzene rings is 1. The molecule has 20 heavy (non-hydrogen) atoms. The number of halogens is 1. The molecule has 2 rings (SSSR count). The lowest BCUT2D eigenvalue weighted by Gasteiger charge is -2.30.